The van der Waals surface area contributed by atoms with Crippen molar-refractivity contribution in [2.45, 2.75) is 45.0 Å². The van der Waals surface area contributed by atoms with E-state index in [9.17, 15) is 5.11 Å². The summed E-state index contributed by atoms with van der Waals surface area (Å²) < 4.78 is 11.9. The molecule has 0 aliphatic rings. The monoisotopic (exact) mass is 455 g/mol. The third-order valence-corrected chi connectivity index (χ3v) is 6.54. The van der Waals surface area contributed by atoms with E-state index in [0.717, 1.165) is 41.2 Å². The molecule has 0 radical (unpaired) electrons. The average Bonchev–Trinajstić information content (AvgIpc) is 3.37. The second-order valence-electron chi connectivity index (χ2n) is 8.68. The first-order chi connectivity index (χ1) is 16.6. The zero-order valence-electron chi connectivity index (χ0n) is 20.1. The lowest BCUT2D eigenvalue weighted by Gasteiger charge is -2.29. The van der Waals surface area contributed by atoms with E-state index in [-0.39, 0.29) is 0 Å². The molecule has 0 bridgehead atoms. The van der Waals surface area contributed by atoms with Gasteiger partial charge in [-0.05, 0) is 42.7 Å². The summed E-state index contributed by atoms with van der Waals surface area (Å²) in [7, 11) is 1.71. The number of benzene rings is 3. The number of methoxy groups -OCH3 is 1. The first kappa shape index (κ1) is 23.8. The first-order valence-corrected chi connectivity index (χ1v) is 11.8. The molecule has 3 aromatic carbocycles. The number of hydrogen-bond donors (Lipinski definition) is 1. The van der Waals surface area contributed by atoms with Gasteiger partial charge in [-0.1, -0.05) is 85.8 Å². The van der Waals surface area contributed by atoms with Crippen LogP contribution in [0.1, 0.15) is 48.5 Å². The Bertz CT molecular complexity index is 1130. The number of aliphatic hydroxyl groups is 1. The summed E-state index contributed by atoms with van der Waals surface area (Å²) in [6, 6.07) is 31.7. The fourth-order valence-electron chi connectivity index (χ4n) is 4.35. The molecule has 0 saturated heterocycles. The van der Waals surface area contributed by atoms with Gasteiger partial charge >= 0.3 is 0 Å². The molecule has 0 aliphatic carbocycles. The Morgan fingerprint density at radius 1 is 0.824 bits per heavy atom. The van der Waals surface area contributed by atoms with E-state index in [0.29, 0.717) is 18.3 Å². The molecule has 1 N–H and O–H groups in total. The van der Waals surface area contributed by atoms with Gasteiger partial charge in [-0.2, -0.15) is 0 Å². The van der Waals surface area contributed by atoms with Crippen LogP contribution in [0.25, 0.3) is 0 Å². The molecule has 0 spiro atoms. The van der Waals surface area contributed by atoms with Gasteiger partial charge in [-0.25, -0.2) is 0 Å². The minimum absolute atomic E-state index is 0.348. The smallest absolute Gasteiger partial charge is 0.173 e. The molecular formula is C30H33NO3. The molecule has 4 aromatic rings. The first-order valence-electron chi connectivity index (χ1n) is 11.8. The van der Waals surface area contributed by atoms with Crippen LogP contribution in [0.4, 0.5) is 0 Å². The molecule has 0 amide bonds. The van der Waals surface area contributed by atoms with Crippen molar-refractivity contribution in [2.24, 2.45) is 0 Å². The Morgan fingerprint density at radius 3 is 2.00 bits per heavy atom. The maximum absolute atomic E-state index is 12.0. The maximum atomic E-state index is 12.0. The van der Waals surface area contributed by atoms with Crippen molar-refractivity contribution in [1.29, 1.82) is 0 Å². The van der Waals surface area contributed by atoms with E-state index in [2.05, 4.69) is 24.8 Å². The fourth-order valence-corrected chi connectivity index (χ4v) is 4.35. The standard InChI is InChI=1S/C30H33NO3/c1-4-23(2)31(21-24-13-11-12-18-28(24)33-3)22-27-19-20-29(34-27)30(32,25-14-7-5-8-15-25)26-16-9-6-10-17-26/h5-20,23,32H,4,21-22H2,1-3H3. The van der Waals surface area contributed by atoms with E-state index < -0.39 is 5.60 Å². The van der Waals surface area contributed by atoms with Crippen molar-refractivity contribution < 1.29 is 14.3 Å². The molecule has 1 aromatic heterocycles. The summed E-state index contributed by atoms with van der Waals surface area (Å²) in [4.78, 5) is 2.38. The number of rotatable bonds is 10. The van der Waals surface area contributed by atoms with E-state index in [1.165, 1.54) is 0 Å². The molecule has 4 rings (SSSR count). The highest BCUT2D eigenvalue weighted by atomic mass is 16.5. The van der Waals surface area contributed by atoms with Gasteiger partial charge in [0, 0.05) is 18.2 Å². The molecule has 0 fully saturated rings. The van der Waals surface area contributed by atoms with Gasteiger partial charge in [0.1, 0.15) is 17.3 Å². The molecule has 34 heavy (non-hydrogen) atoms. The minimum Gasteiger partial charge on any atom is -0.496 e. The van der Waals surface area contributed by atoms with Crippen molar-refractivity contribution in [3.05, 3.63) is 125 Å². The van der Waals surface area contributed by atoms with E-state index >= 15 is 0 Å². The number of hydrogen-bond acceptors (Lipinski definition) is 4. The van der Waals surface area contributed by atoms with Crippen LogP contribution in [0.2, 0.25) is 0 Å². The van der Waals surface area contributed by atoms with Crippen LogP contribution in [0.5, 0.6) is 5.75 Å². The van der Waals surface area contributed by atoms with Crippen LogP contribution in [0.15, 0.2) is 101 Å². The Labute approximate surface area is 202 Å². The quantitative estimate of drug-likeness (QED) is 0.302. The lowest BCUT2D eigenvalue weighted by Crippen LogP contribution is -2.31. The van der Waals surface area contributed by atoms with Gasteiger partial charge < -0.3 is 14.3 Å². The van der Waals surface area contributed by atoms with E-state index in [4.69, 9.17) is 9.15 Å². The molecular weight excluding hydrogens is 422 g/mol. The van der Waals surface area contributed by atoms with E-state index in [1.54, 1.807) is 7.11 Å². The lowest BCUT2D eigenvalue weighted by atomic mass is 9.84. The van der Waals surface area contributed by atoms with Crippen molar-refractivity contribution >= 4 is 0 Å². The lowest BCUT2D eigenvalue weighted by molar-refractivity contribution is 0.0934. The highest BCUT2D eigenvalue weighted by Gasteiger charge is 2.37. The average molecular weight is 456 g/mol. The van der Waals surface area contributed by atoms with Crippen molar-refractivity contribution in [3.8, 4) is 5.75 Å². The highest BCUT2D eigenvalue weighted by molar-refractivity contribution is 5.43. The molecule has 176 valence electrons. The minimum atomic E-state index is -1.37. The molecule has 0 saturated carbocycles. The van der Waals surface area contributed by atoms with E-state index in [1.807, 2.05) is 91.0 Å². The molecule has 4 heteroatoms. The number of nitrogens with zero attached hydrogens (tertiary/aromatic N) is 1. The third kappa shape index (κ3) is 4.93. The summed E-state index contributed by atoms with van der Waals surface area (Å²) in [6.45, 7) is 5.80. The van der Waals surface area contributed by atoms with Crippen molar-refractivity contribution in [2.75, 3.05) is 7.11 Å². The Balaban J connectivity index is 1.66. The molecule has 4 nitrogen and oxygen atoms in total. The second-order valence-corrected chi connectivity index (χ2v) is 8.68. The van der Waals surface area contributed by atoms with Gasteiger partial charge in [-0.3, -0.25) is 4.90 Å². The van der Waals surface area contributed by atoms with Gasteiger partial charge in [0.2, 0.25) is 0 Å². The Kier molecular flexibility index (Phi) is 7.51. The fraction of sp³-hybridized carbons (Fsp3) is 0.267. The second kappa shape index (κ2) is 10.7. The van der Waals surface area contributed by atoms with Crippen LogP contribution in [0.3, 0.4) is 0 Å². The largest absolute Gasteiger partial charge is 0.496 e. The summed E-state index contributed by atoms with van der Waals surface area (Å²) >= 11 is 0. The van der Waals surface area contributed by atoms with Gasteiger partial charge in [0.05, 0.1) is 13.7 Å². The molecule has 1 unspecified atom stereocenters. The predicted octanol–water partition coefficient (Wildman–Crippen LogP) is 6.37. The SMILES string of the molecule is CCC(C)N(Cc1ccc(C(O)(c2ccccc2)c2ccccc2)o1)Cc1ccccc1OC. The van der Waals surface area contributed by atoms with Crippen LogP contribution >= 0.6 is 0 Å². The topological polar surface area (TPSA) is 45.8 Å². The van der Waals surface area contributed by atoms with Crippen molar-refractivity contribution in [3.63, 3.8) is 0 Å². The third-order valence-electron chi connectivity index (χ3n) is 6.54. The Morgan fingerprint density at radius 2 is 1.41 bits per heavy atom. The highest BCUT2D eigenvalue weighted by Crippen LogP contribution is 2.37. The van der Waals surface area contributed by atoms with Gasteiger partial charge in [0.25, 0.3) is 0 Å². The summed E-state index contributed by atoms with van der Waals surface area (Å²) in [6.07, 6.45) is 1.01. The Hall–Kier alpha value is -3.34. The van der Waals surface area contributed by atoms with Gasteiger partial charge in [0.15, 0.2) is 5.60 Å². The molecule has 1 atom stereocenters. The predicted molar refractivity (Wildman–Crippen MR) is 136 cm³/mol. The van der Waals surface area contributed by atoms with Crippen LogP contribution < -0.4 is 4.74 Å². The number of furan rings is 1. The zero-order chi connectivity index (χ0) is 24.0. The van der Waals surface area contributed by atoms with Crippen molar-refractivity contribution in [1.82, 2.24) is 4.90 Å². The molecule has 1 heterocycles. The van der Waals surface area contributed by atoms with Crippen LogP contribution in [-0.4, -0.2) is 23.2 Å². The zero-order valence-corrected chi connectivity index (χ0v) is 20.1. The van der Waals surface area contributed by atoms with Crippen LogP contribution in [-0.2, 0) is 18.7 Å². The van der Waals surface area contributed by atoms with Crippen LogP contribution in [0, 0.1) is 0 Å². The molecule has 0 aliphatic heterocycles. The summed E-state index contributed by atoms with van der Waals surface area (Å²) in [5.41, 5.74) is 1.32. The normalized spacial score (nSPS) is 12.6. The summed E-state index contributed by atoms with van der Waals surface area (Å²) in [5.74, 6) is 2.22. The maximum Gasteiger partial charge on any atom is 0.173 e. The number of ether oxygens (including phenoxy) is 1. The summed E-state index contributed by atoms with van der Waals surface area (Å²) in [5, 5.41) is 12.0. The number of para-hydroxylation sites is 1. The van der Waals surface area contributed by atoms with Gasteiger partial charge in [-0.15, -0.1) is 0 Å².